The van der Waals surface area contributed by atoms with E-state index in [-0.39, 0.29) is 12.2 Å². The van der Waals surface area contributed by atoms with Crippen molar-refractivity contribution in [1.82, 2.24) is 0 Å². The molecular formula is C18H19F3O. The van der Waals surface area contributed by atoms with Gasteiger partial charge in [0.15, 0.2) is 0 Å². The Balaban J connectivity index is 1.89. The molecule has 0 aliphatic carbocycles. The Morgan fingerprint density at radius 3 is 1.95 bits per heavy atom. The third kappa shape index (κ3) is 5.10. The Morgan fingerprint density at radius 2 is 1.41 bits per heavy atom. The molecule has 2 aromatic carbocycles. The van der Waals surface area contributed by atoms with E-state index in [1.54, 1.807) is 0 Å². The molecule has 1 nitrogen and oxygen atoms in total. The van der Waals surface area contributed by atoms with E-state index in [0.717, 1.165) is 30.5 Å². The van der Waals surface area contributed by atoms with Crippen LogP contribution in [-0.4, -0.2) is 6.11 Å². The molecular weight excluding hydrogens is 289 g/mol. The average Bonchev–Trinajstić information content (AvgIpc) is 2.49. The molecule has 0 aliphatic heterocycles. The van der Waals surface area contributed by atoms with E-state index in [9.17, 15) is 13.2 Å². The first-order valence-corrected chi connectivity index (χ1v) is 7.39. The Morgan fingerprint density at radius 1 is 0.864 bits per heavy atom. The van der Waals surface area contributed by atoms with Crippen LogP contribution < -0.4 is 4.74 Å². The smallest absolute Gasteiger partial charge is 0.398 e. The molecule has 0 saturated heterocycles. The Kier molecular flexibility index (Phi) is 5.47. The molecule has 0 N–H and O–H groups in total. The van der Waals surface area contributed by atoms with Crippen molar-refractivity contribution in [2.75, 3.05) is 0 Å². The van der Waals surface area contributed by atoms with Gasteiger partial charge in [0.2, 0.25) is 0 Å². The normalized spacial score (nSPS) is 11.5. The van der Waals surface area contributed by atoms with E-state index < -0.39 is 18.3 Å². The maximum Gasteiger partial charge on any atom is 0.398 e. The van der Waals surface area contributed by atoms with Crippen LogP contribution in [0.25, 0.3) is 0 Å². The Hall–Kier alpha value is -1.97. The first kappa shape index (κ1) is 16.4. The number of hydrogen-bond donors (Lipinski definition) is 0. The van der Waals surface area contributed by atoms with Gasteiger partial charge in [-0.25, -0.2) is 4.39 Å². The van der Waals surface area contributed by atoms with E-state index in [0.29, 0.717) is 0 Å². The third-order valence-electron chi connectivity index (χ3n) is 3.35. The maximum atomic E-state index is 13.8. The summed E-state index contributed by atoms with van der Waals surface area (Å²) in [5.74, 6) is -0.521. The minimum absolute atomic E-state index is 0.0373. The number of aryl methyl sites for hydroxylation is 2. The summed E-state index contributed by atoms with van der Waals surface area (Å²) < 4.78 is 44.9. The molecule has 118 valence electrons. The van der Waals surface area contributed by atoms with Crippen LogP contribution in [0.15, 0.2) is 48.5 Å². The van der Waals surface area contributed by atoms with Gasteiger partial charge in [-0.3, -0.25) is 0 Å². The van der Waals surface area contributed by atoms with E-state index in [1.807, 2.05) is 24.3 Å². The van der Waals surface area contributed by atoms with Gasteiger partial charge >= 0.3 is 6.11 Å². The number of benzene rings is 2. The highest BCUT2D eigenvalue weighted by Gasteiger charge is 2.31. The molecule has 2 rings (SSSR count). The van der Waals surface area contributed by atoms with E-state index in [2.05, 4.69) is 11.7 Å². The highest BCUT2D eigenvalue weighted by molar-refractivity contribution is 5.24. The van der Waals surface area contributed by atoms with E-state index >= 15 is 0 Å². The Labute approximate surface area is 128 Å². The van der Waals surface area contributed by atoms with Crippen LogP contribution in [-0.2, 0) is 12.8 Å². The molecule has 0 spiro atoms. The monoisotopic (exact) mass is 308 g/mol. The minimum Gasteiger partial charge on any atom is -0.433 e. The van der Waals surface area contributed by atoms with Crippen molar-refractivity contribution in [2.24, 2.45) is 0 Å². The van der Waals surface area contributed by atoms with Crippen molar-refractivity contribution >= 4 is 0 Å². The van der Waals surface area contributed by atoms with Crippen molar-refractivity contribution < 1.29 is 17.9 Å². The summed E-state index contributed by atoms with van der Waals surface area (Å²) in [6, 6.07) is 12.3. The van der Waals surface area contributed by atoms with Crippen LogP contribution >= 0.6 is 0 Å². The van der Waals surface area contributed by atoms with Gasteiger partial charge in [0.25, 0.3) is 0 Å². The summed E-state index contributed by atoms with van der Waals surface area (Å²) in [5.41, 5.74) is 2.06. The molecule has 2 aromatic rings. The minimum atomic E-state index is -3.28. The predicted octanol–water partition coefficient (Wildman–Crippen LogP) is 5.38. The number of halogens is 3. The van der Waals surface area contributed by atoms with E-state index in [1.165, 1.54) is 17.7 Å². The van der Waals surface area contributed by atoms with Gasteiger partial charge in [-0.05, 0) is 48.2 Å². The van der Waals surface area contributed by atoms with Crippen molar-refractivity contribution in [2.45, 2.75) is 38.7 Å². The maximum absolute atomic E-state index is 13.8. The van der Waals surface area contributed by atoms with Crippen LogP contribution in [0.1, 0.15) is 30.9 Å². The molecule has 0 bridgehead atoms. The van der Waals surface area contributed by atoms with Crippen molar-refractivity contribution in [3.05, 3.63) is 65.5 Å². The third-order valence-corrected chi connectivity index (χ3v) is 3.35. The lowest BCUT2D eigenvalue weighted by Crippen LogP contribution is -2.25. The lowest BCUT2D eigenvalue weighted by molar-refractivity contribution is -0.180. The fourth-order valence-electron chi connectivity index (χ4n) is 2.18. The number of hydrogen-bond acceptors (Lipinski definition) is 1. The molecule has 0 unspecified atom stereocenters. The summed E-state index contributed by atoms with van der Waals surface area (Å²) in [6.07, 6.45) is -1.43. The number of rotatable bonds is 7. The number of alkyl halides is 2. The van der Waals surface area contributed by atoms with Gasteiger partial charge in [0.1, 0.15) is 11.6 Å². The molecule has 0 heterocycles. The summed E-state index contributed by atoms with van der Waals surface area (Å²) >= 11 is 0. The van der Waals surface area contributed by atoms with Gasteiger partial charge in [-0.15, -0.1) is 0 Å². The molecule has 0 amide bonds. The fourth-order valence-corrected chi connectivity index (χ4v) is 2.18. The van der Waals surface area contributed by atoms with Crippen LogP contribution in [0, 0.1) is 5.82 Å². The predicted molar refractivity (Wildman–Crippen MR) is 80.7 cm³/mol. The largest absolute Gasteiger partial charge is 0.433 e. The van der Waals surface area contributed by atoms with Crippen LogP contribution in [0.3, 0.4) is 0 Å². The second-order valence-electron chi connectivity index (χ2n) is 5.26. The molecule has 0 aromatic heterocycles. The van der Waals surface area contributed by atoms with Crippen LogP contribution in [0.2, 0.25) is 0 Å². The number of ether oxygens (including phenoxy) is 1. The molecule has 0 aliphatic rings. The molecule has 0 fully saturated rings. The lowest BCUT2D eigenvalue weighted by Gasteiger charge is -2.18. The molecule has 0 atom stereocenters. The van der Waals surface area contributed by atoms with Crippen LogP contribution in [0.5, 0.6) is 5.75 Å². The molecule has 4 heteroatoms. The summed E-state index contributed by atoms with van der Waals surface area (Å²) in [7, 11) is 0. The van der Waals surface area contributed by atoms with Crippen molar-refractivity contribution in [3.8, 4) is 5.75 Å². The highest BCUT2D eigenvalue weighted by atomic mass is 19.3. The SMILES string of the molecule is CCCc1ccc(CCC(F)(F)Oc2ccc(F)cc2)cc1. The Bertz CT molecular complexity index is 576. The van der Waals surface area contributed by atoms with E-state index in [4.69, 9.17) is 0 Å². The van der Waals surface area contributed by atoms with Crippen LogP contribution in [0.4, 0.5) is 13.2 Å². The van der Waals surface area contributed by atoms with Gasteiger partial charge in [-0.2, -0.15) is 8.78 Å². The summed E-state index contributed by atoms with van der Waals surface area (Å²) in [6.45, 7) is 2.10. The topological polar surface area (TPSA) is 9.23 Å². The van der Waals surface area contributed by atoms with Gasteiger partial charge < -0.3 is 4.74 Å². The van der Waals surface area contributed by atoms with Gasteiger partial charge in [0.05, 0.1) is 6.42 Å². The zero-order valence-electron chi connectivity index (χ0n) is 12.5. The van der Waals surface area contributed by atoms with Gasteiger partial charge in [-0.1, -0.05) is 37.6 Å². The standard InChI is InChI=1S/C18H19F3O/c1-2-3-14-4-6-15(7-5-14)12-13-18(20,21)22-17-10-8-16(19)9-11-17/h4-11H,2-3,12-13H2,1H3. The second kappa shape index (κ2) is 7.34. The van der Waals surface area contributed by atoms with Gasteiger partial charge in [0, 0.05) is 0 Å². The molecule has 0 saturated carbocycles. The zero-order valence-corrected chi connectivity index (χ0v) is 12.5. The molecule has 22 heavy (non-hydrogen) atoms. The second-order valence-corrected chi connectivity index (χ2v) is 5.26. The molecule has 0 radical (unpaired) electrons. The highest BCUT2D eigenvalue weighted by Crippen LogP contribution is 2.26. The first-order chi connectivity index (χ1) is 10.5. The summed E-state index contributed by atoms with van der Waals surface area (Å²) in [5, 5.41) is 0. The van der Waals surface area contributed by atoms with Crippen molar-refractivity contribution in [3.63, 3.8) is 0 Å². The lowest BCUT2D eigenvalue weighted by atomic mass is 10.0. The summed E-state index contributed by atoms with van der Waals surface area (Å²) in [4.78, 5) is 0. The van der Waals surface area contributed by atoms with Crippen molar-refractivity contribution in [1.29, 1.82) is 0 Å². The quantitative estimate of drug-likeness (QED) is 0.667. The fraction of sp³-hybridized carbons (Fsp3) is 0.333. The average molecular weight is 308 g/mol. The first-order valence-electron chi connectivity index (χ1n) is 7.39. The zero-order chi connectivity index (χ0) is 16.0.